The first-order chi connectivity index (χ1) is 11.3. The molecule has 1 amide bonds. The first-order valence-corrected chi connectivity index (χ1v) is 6.71. The molecule has 0 saturated heterocycles. The van der Waals surface area contributed by atoms with E-state index in [0.29, 0.717) is 5.56 Å². The molecule has 0 aliphatic carbocycles. The van der Waals surface area contributed by atoms with E-state index >= 15 is 0 Å². The number of benzene rings is 1. The molecule has 8 nitrogen and oxygen atoms in total. The Bertz CT molecular complexity index is 763. The summed E-state index contributed by atoms with van der Waals surface area (Å²) in [7, 11) is 0. The molecule has 0 fully saturated rings. The van der Waals surface area contributed by atoms with E-state index in [9.17, 15) is 18.0 Å². The number of aromatic amines is 1. The summed E-state index contributed by atoms with van der Waals surface area (Å²) >= 11 is 0. The third-order valence-electron chi connectivity index (χ3n) is 3.05. The molecule has 0 spiro atoms. The summed E-state index contributed by atoms with van der Waals surface area (Å²) in [5.74, 6) is -1.88. The summed E-state index contributed by atoms with van der Waals surface area (Å²) < 4.78 is 37.4. The summed E-state index contributed by atoms with van der Waals surface area (Å²) in [5, 5.41) is 11.1. The van der Waals surface area contributed by atoms with Gasteiger partial charge in [-0.2, -0.15) is 13.2 Å². The molecule has 24 heavy (non-hydrogen) atoms. The van der Waals surface area contributed by atoms with Gasteiger partial charge in [0, 0.05) is 10.5 Å². The average molecular weight is 339 g/mol. The van der Waals surface area contributed by atoms with Crippen molar-refractivity contribution in [1.82, 2.24) is 20.5 Å². The van der Waals surface area contributed by atoms with Crippen LogP contribution in [0.3, 0.4) is 0 Å². The van der Waals surface area contributed by atoms with Gasteiger partial charge in [-0.1, -0.05) is 17.2 Å². The summed E-state index contributed by atoms with van der Waals surface area (Å²) in [6, 6.07) is 5.48. The van der Waals surface area contributed by atoms with Gasteiger partial charge < -0.3 is 5.32 Å². The quantitative estimate of drug-likeness (QED) is 0.494. The van der Waals surface area contributed by atoms with E-state index in [1.54, 1.807) is 12.1 Å². The van der Waals surface area contributed by atoms with E-state index < -0.39 is 23.9 Å². The van der Waals surface area contributed by atoms with E-state index in [2.05, 4.69) is 30.5 Å². The Labute approximate surface area is 133 Å². The molecule has 2 aromatic rings. The van der Waals surface area contributed by atoms with Crippen LogP contribution < -0.4 is 5.32 Å². The minimum absolute atomic E-state index is 0.101. The van der Waals surface area contributed by atoms with Crippen LogP contribution in [0.15, 0.2) is 29.4 Å². The zero-order valence-corrected chi connectivity index (χ0v) is 12.4. The molecule has 0 aliphatic rings. The Morgan fingerprint density at radius 2 is 2.08 bits per heavy atom. The number of azide groups is 1. The van der Waals surface area contributed by atoms with Gasteiger partial charge in [0.15, 0.2) is 0 Å². The molecule has 1 atom stereocenters. The smallest absolute Gasteiger partial charge is 0.342 e. The lowest BCUT2D eigenvalue weighted by Gasteiger charge is -2.11. The Kier molecular flexibility index (Phi) is 5.05. The van der Waals surface area contributed by atoms with E-state index in [4.69, 9.17) is 5.53 Å². The SMILES string of the molecule is CC(NC(=O)c1ccc(CN=[N+]=[N-])cc1)c1nc(C(F)(F)F)n[nH]1. The van der Waals surface area contributed by atoms with E-state index in [1.165, 1.54) is 19.1 Å². The number of rotatable bonds is 5. The minimum atomic E-state index is -4.65. The minimum Gasteiger partial charge on any atom is -0.342 e. The summed E-state index contributed by atoms with van der Waals surface area (Å²) in [4.78, 5) is 18.0. The van der Waals surface area contributed by atoms with Crippen molar-refractivity contribution in [2.24, 2.45) is 5.11 Å². The molecule has 0 saturated carbocycles. The zero-order valence-electron chi connectivity index (χ0n) is 12.4. The maximum atomic E-state index is 12.5. The third kappa shape index (κ3) is 4.23. The predicted octanol–water partition coefficient (Wildman–Crippen LogP) is 3.12. The number of hydrogen-bond acceptors (Lipinski definition) is 4. The fourth-order valence-electron chi connectivity index (χ4n) is 1.82. The predicted molar refractivity (Wildman–Crippen MR) is 76.6 cm³/mol. The number of alkyl halides is 3. The van der Waals surface area contributed by atoms with Gasteiger partial charge in [0.05, 0.1) is 12.6 Å². The first kappa shape index (κ1) is 17.3. The Hall–Kier alpha value is -3.07. The second-order valence-electron chi connectivity index (χ2n) is 4.82. The zero-order chi connectivity index (χ0) is 17.7. The average Bonchev–Trinajstić information content (AvgIpc) is 3.03. The second-order valence-corrected chi connectivity index (χ2v) is 4.82. The molecule has 1 heterocycles. The molecule has 1 aromatic carbocycles. The summed E-state index contributed by atoms with van der Waals surface area (Å²) in [6.07, 6.45) is -4.65. The van der Waals surface area contributed by atoms with Crippen LogP contribution in [0.4, 0.5) is 13.2 Å². The number of nitrogens with zero attached hydrogens (tertiary/aromatic N) is 5. The highest BCUT2D eigenvalue weighted by atomic mass is 19.4. The number of amides is 1. The maximum absolute atomic E-state index is 12.5. The molecule has 11 heteroatoms. The number of aromatic nitrogens is 3. The van der Waals surface area contributed by atoms with E-state index in [0.717, 1.165) is 5.56 Å². The normalized spacial score (nSPS) is 12.3. The fraction of sp³-hybridized carbons (Fsp3) is 0.308. The molecular formula is C13H12F3N7O. The van der Waals surface area contributed by atoms with Gasteiger partial charge in [-0.25, -0.2) is 4.98 Å². The Morgan fingerprint density at radius 3 is 2.62 bits per heavy atom. The van der Waals surface area contributed by atoms with Crippen molar-refractivity contribution in [2.75, 3.05) is 0 Å². The van der Waals surface area contributed by atoms with Crippen LogP contribution >= 0.6 is 0 Å². The van der Waals surface area contributed by atoms with Crippen molar-refractivity contribution >= 4 is 5.91 Å². The van der Waals surface area contributed by atoms with Crippen LogP contribution in [0.5, 0.6) is 0 Å². The van der Waals surface area contributed by atoms with Crippen LogP contribution in [-0.2, 0) is 12.7 Å². The molecule has 0 bridgehead atoms. The monoisotopic (exact) mass is 339 g/mol. The molecular weight excluding hydrogens is 327 g/mol. The molecule has 1 unspecified atom stereocenters. The van der Waals surface area contributed by atoms with Gasteiger partial charge in [-0.05, 0) is 30.2 Å². The number of hydrogen-bond donors (Lipinski definition) is 2. The number of nitrogens with one attached hydrogen (secondary N) is 2. The van der Waals surface area contributed by atoms with Gasteiger partial charge in [0.1, 0.15) is 5.82 Å². The van der Waals surface area contributed by atoms with Crippen molar-refractivity contribution in [3.63, 3.8) is 0 Å². The second kappa shape index (κ2) is 7.01. The highest BCUT2D eigenvalue weighted by Crippen LogP contribution is 2.26. The summed E-state index contributed by atoms with van der Waals surface area (Å²) in [5.41, 5.74) is 9.27. The van der Waals surface area contributed by atoms with E-state index in [-0.39, 0.29) is 12.4 Å². The van der Waals surface area contributed by atoms with Crippen molar-refractivity contribution in [3.05, 3.63) is 57.5 Å². The van der Waals surface area contributed by atoms with Crippen LogP contribution in [0, 0.1) is 0 Å². The van der Waals surface area contributed by atoms with Crippen molar-refractivity contribution in [2.45, 2.75) is 25.7 Å². The van der Waals surface area contributed by atoms with Crippen LogP contribution in [0.1, 0.15) is 40.5 Å². The highest BCUT2D eigenvalue weighted by molar-refractivity contribution is 5.94. The van der Waals surface area contributed by atoms with E-state index in [1.807, 2.05) is 0 Å². The van der Waals surface area contributed by atoms with Gasteiger partial charge in [0.25, 0.3) is 11.7 Å². The lowest BCUT2D eigenvalue weighted by atomic mass is 10.1. The van der Waals surface area contributed by atoms with Crippen molar-refractivity contribution < 1.29 is 18.0 Å². The van der Waals surface area contributed by atoms with Gasteiger partial charge >= 0.3 is 6.18 Å². The number of carbonyl (C=O) groups excluding carboxylic acids is 1. The van der Waals surface area contributed by atoms with Crippen LogP contribution in [0.25, 0.3) is 10.4 Å². The molecule has 1 aromatic heterocycles. The lowest BCUT2D eigenvalue weighted by molar-refractivity contribution is -0.144. The molecule has 126 valence electrons. The summed E-state index contributed by atoms with van der Waals surface area (Å²) in [6.45, 7) is 1.64. The number of H-pyrrole nitrogens is 1. The van der Waals surface area contributed by atoms with Crippen molar-refractivity contribution in [3.8, 4) is 0 Å². The van der Waals surface area contributed by atoms with Crippen molar-refractivity contribution in [1.29, 1.82) is 0 Å². The number of carbonyl (C=O) groups is 1. The van der Waals surface area contributed by atoms with Gasteiger partial charge in [-0.15, -0.1) is 5.10 Å². The maximum Gasteiger partial charge on any atom is 0.453 e. The lowest BCUT2D eigenvalue weighted by Crippen LogP contribution is -2.27. The largest absolute Gasteiger partial charge is 0.453 e. The molecule has 2 N–H and O–H groups in total. The van der Waals surface area contributed by atoms with Gasteiger partial charge in [0.2, 0.25) is 0 Å². The molecule has 0 aliphatic heterocycles. The fourth-order valence-corrected chi connectivity index (χ4v) is 1.82. The topological polar surface area (TPSA) is 119 Å². The standard InChI is InChI=1S/C13H12F3N7O/c1-7(10-20-12(22-21-10)13(14,15)16)19-11(24)9-4-2-8(3-5-9)6-18-23-17/h2-5,7H,6H2,1H3,(H,19,24)(H,20,21,22). The molecule has 2 rings (SSSR count). The first-order valence-electron chi connectivity index (χ1n) is 6.71. The van der Waals surface area contributed by atoms with Gasteiger partial charge in [-0.3, -0.25) is 9.89 Å². The van der Waals surface area contributed by atoms with Crippen LogP contribution in [-0.4, -0.2) is 21.1 Å². The third-order valence-corrected chi connectivity index (χ3v) is 3.05. The number of halogens is 3. The Balaban J connectivity index is 2.03. The van der Waals surface area contributed by atoms with Crippen LogP contribution in [0.2, 0.25) is 0 Å². The highest BCUT2D eigenvalue weighted by Gasteiger charge is 2.36. The molecule has 0 radical (unpaired) electrons. The Morgan fingerprint density at radius 1 is 1.42 bits per heavy atom.